The van der Waals surface area contributed by atoms with E-state index in [1.54, 1.807) is 36.4 Å². The molecule has 0 aliphatic rings. The molecule has 10 heteroatoms. The Morgan fingerprint density at radius 2 is 1.46 bits per heavy atom. The molecule has 182 valence electrons. The van der Waals surface area contributed by atoms with Gasteiger partial charge >= 0.3 is 5.97 Å². The Labute approximate surface area is 220 Å². The van der Waals surface area contributed by atoms with Crippen molar-refractivity contribution in [2.24, 2.45) is 0 Å². The third-order valence-electron chi connectivity index (χ3n) is 4.54. The number of carbonyl (C=O) groups excluding carboxylic acids is 3. The minimum atomic E-state index is -0.584. The SMILES string of the molecule is O=C(CCCC(=O)OCC(=O)Nc1cc(Cl)ccc1Cl)Nc1ccc(Oc2ccc(Br)cc2)cc1. The maximum Gasteiger partial charge on any atom is 0.306 e. The fourth-order valence-corrected chi connectivity index (χ4v) is 3.46. The summed E-state index contributed by atoms with van der Waals surface area (Å²) in [6, 6.07) is 19.0. The van der Waals surface area contributed by atoms with Crippen LogP contribution in [0.4, 0.5) is 11.4 Å². The number of hydrogen-bond acceptors (Lipinski definition) is 5. The molecule has 0 spiro atoms. The van der Waals surface area contributed by atoms with Crippen LogP contribution in [-0.2, 0) is 19.1 Å². The van der Waals surface area contributed by atoms with Gasteiger partial charge in [0.25, 0.3) is 5.91 Å². The minimum absolute atomic E-state index is 0.00140. The first kappa shape index (κ1) is 26.5. The highest BCUT2D eigenvalue weighted by Gasteiger charge is 2.11. The Morgan fingerprint density at radius 3 is 2.14 bits per heavy atom. The zero-order valence-electron chi connectivity index (χ0n) is 18.4. The molecule has 0 fully saturated rings. The fraction of sp³-hybridized carbons (Fsp3) is 0.160. The van der Waals surface area contributed by atoms with E-state index in [1.807, 2.05) is 24.3 Å². The van der Waals surface area contributed by atoms with Crippen molar-refractivity contribution in [3.05, 3.63) is 81.2 Å². The number of ether oxygens (including phenoxy) is 2. The number of nitrogens with one attached hydrogen (secondary N) is 2. The molecule has 0 radical (unpaired) electrons. The maximum absolute atomic E-state index is 12.1. The summed E-state index contributed by atoms with van der Waals surface area (Å²) in [5, 5.41) is 6.00. The lowest BCUT2D eigenvalue weighted by atomic mass is 10.2. The van der Waals surface area contributed by atoms with Crippen molar-refractivity contribution >= 4 is 68.3 Å². The predicted octanol–water partition coefficient (Wildman–Crippen LogP) is 6.84. The van der Waals surface area contributed by atoms with E-state index in [1.165, 1.54) is 6.07 Å². The van der Waals surface area contributed by atoms with Crippen molar-refractivity contribution in [3.63, 3.8) is 0 Å². The van der Waals surface area contributed by atoms with Crippen molar-refractivity contribution in [2.45, 2.75) is 19.3 Å². The number of amides is 2. The largest absolute Gasteiger partial charge is 0.457 e. The topological polar surface area (TPSA) is 93.7 Å². The molecule has 3 rings (SSSR count). The molecule has 0 aliphatic carbocycles. The summed E-state index contributed by atoms with van der Waals surface area (Å²) in [7, 11) is 0. The van der Waals surface area contributed by atoms with Crippen molar-refractivity contribution in [3.8, 4) is 11.5 Å². The summed E-state index contributed by atoms with van der Waals surface area (Å²) in [5.74, 6) is -0.0440. The van der Waals surface area contributed by atoms with E-state index in [2.05, 4.69) is 26.6 Å². The van der Waals surface area contributed by atoms with Crippen molar-refractivity contribution in [2.75, 3.05) is 17.2 Å². The van der Waals surface area contributed by atoms with Gasteiger partial charge < -0.3 is 20.1 Å². The molecule has 0 saturated heterocycles. The third kappa shape index (κ3) is 9.24. The number of esters is 1. The molecule has 35 heavy (non-hydrogen) atoms. The van der Waals surface area contributed by atoms with Crippen molar-refractivity contribution in [1.29, 1.82) is 0 Å². The normalized spacial score (nSPS) is 10.4. The van der Waals surface area contributed by atoms with Crippen LogP contribution in [0.15, 0.2) is 71.2 Å². The van der Waals surface area contributed by atoms with E-state index in [0.29, 0.717) is 32.9 Å². The second-order valence-electron chi connectivity index (χ2n) is 7.32. The summed E-state index contributed by atoms with van der Waals surface area (Å²) in [5.41, 5.74) is 0.932. The Bertz CT molecular complexity index is 1190. The highest BCUT2D eigenvalue weighted by molar-refractivity contribution is 9.10. The average molecular weight is 580 g/mol. The predicted molar refractivity (Wildman–Crippen MR) is 139 cm³/mol. The van der Waals surface area contributed by atoms with Crippen LogP contribution in [0.2, 0.25) is 10.0 Å². The van der Waals surface area contributed by atoms with E-state index in [9.17, 15) is 14.4 Å². The van der Waals surface area contributed by atoms with E-state index in [4.69, 9.17) is 32.7 Å². The van der Waals surface area contributed by atoms with Crippen LogP contribution in [0.3, 0.4) is 0 Å². The van der Waals surface area contributed by atoms with Gasteiger partial charge in [0, 0.05) is 28.0 Å². The number of benzene rings is 3. The maximum atomic E-state index is 12.1. The molecule has 7 nitrogen and oxygen atoms in total. The summed E-state index contributed by atoms with van der Waals surface area (Å²) in [6.45, 7) is -0.470. The van der Waals surface area contributed by atoms with Gasteiger partial charge in [-0.15, -0.1) is 0 Å². The van der Waals surface area contributed by atoms with E-state index < -0.39 is 18.5 Å². The van der Waals surface area contributed by atoms with Gasteiger partial charge in [0.2, 0.25) is 5.91 Å². The second kappa shape index (κ2) is 13.1. The fourth-order valence-electron chi connectivity index (χ4n) is 2.86. The van der Waals surface area contributed by atoms with Crippen LogP contribution < -0.4 is 15.4 Å². The molecule has 0 saturated carbocycles. The van der Waals surface area contributed by atoms with Crippen LogP contribution in [0.25, 0.3) is 0 Å². The molecular weight excluding hydrogens is 559 g/mol. The van der Waals surface area contributed by atoms with Crippen LogP contribution in [0, 0.1) is 0 Å². The zero-order valence-corrected chi connectivity index (χ0v) is 21.5. The van der Waals surface area contributed by atoms with Gasteiger partial charge in [-0.2, -0.15) is 0 Å². The minimum Gasteiger partial charge on any atom is -0.457 e. The number of hydrogen-bond donors (Lipinski definition) is 2. The van der Waals surface area contributed by atoms with Crippen LogP contribution in [0.5, 0.6) is 11.5 Å². The summed E-state index contributed by atoms with van der Waals surface area (Å²) < 4.78 is 11.6. The molecule has 2 N–H and O–H groups in total. The van der Waals surface area contributed by atoms with Gasteiger partial charge in [-0.05, 0) is 73.2 Å². The first-order chi connectivity index (χ1) is 16.8. The highest BCUT2D eigenvalue weighted by atomic mass is 79.9. The molecule has 2 amide bonds. The lowest BCUT2D eigenvalue weighted by Gasteiger charge is -2.09. The molecule has 0 heterocycles. The first-order valence-corrected chi connectivity index (χ1v) is 12.1. The van der Waals surface area contributed by atoms with Gasteiger partial charge in [-0.1, -0.05) is 39.1 Å². The standard InChI is InChI=1S/C25H21BrCl2N2O5/c26-16-4-9-19(10-5-16)35-20-11-7-18(8-12-20)29-23(31)2-1-3-25(33)34-15-24(32)30-22-14-17(27)6-13-21(22)28/h4-14H,1-3,15H2,(H,29,31)(H,30,32). The molecular formula is C25H21BrCl2N2O5. The summed E-state index contributed by atoms with van der Waals surface area (Å²) in [6.07, 6.45) is 0.395. The lowest BCUT2D eigenvalue weighted by molar-refractivity contribution is -0.147. The van der Waals surface area contributed by atoms with Crippen LogP contribution >= 0.6 is 39.1 Å². The molecule has 3 aromatic carbocycles. The quantitative estimate of drug-likeness (QED) is 0.256. The molecule has 0 aliphatic heterocycles. The van der Waals surface area contributed by atoms with Crippen LogP contribution in [0.1, 0.15) is 19.3 Å². The Kier molecular flexibility index (Phi) is 9.96. The van der Waals surface area contributed by atoms with E-state index in [-0.39, 0.29) is 25.2 Å². The Hall–Kier alpha value is -3.07. The van der Waals surface area contributed by atoms with Gasteiger partial charge in [0.05, 0.1) is 10.7 Å². The molecule has 0 bridgehead atoms. The summed E-state index contributed by atoms with van der Waals surface area (Å²) in [4.78, 5) is 36.0. The van der Waals surface area contributed by atoms with Crippen molar-refractivity contribution < 1.29 is 23.9 Å². The summed E-state index contributed by atoms with van der Waals surface area (Å²) >= 11 is 15.2. The average Bonchev–Trinajstić information content (AvgIpc) is 2.83. The number of anilines is 2. The van der Waals surface area contributed by atoms with E-state index in [0.717, 1.165) is 4.47 Å². The molecule has 0 atom stereocenters. The third-order valence-corrected chi connectivity index (χ3v) is 5.63. The Balaban J connectivity index is 1.33. The molecule has 3 aromatic rings. The second-order valence-corrected chi connectivity index (χ2v) is 9.07. The smallest absolute Gasteiger partial charge is 0.306 e. The zero-order chi connectivity index (χ0) is 25.2. The molecule has 0 unspecified atom stereocenters. The number of halogens is 3. The van der Waals surface area contributed by atoms with Gasteiger partial charge in [0.1, 0.15) is 11.5 Å². The van der Waals surface area contributed by atoms with Crippen molar-refractivity contribution in [1.82, 2.24) is 0 Å². The lowest BCUT2D eigenvalue weighted by Crippen LogP contribution is -2.21. The number of rotatable bonds is 10. The monoisotopic (exact) mass is 578 g/mol. The number of carbonyl (C=O) groups is 3. The van der Waals surface area contributed by atoms with Crippen LogP contribution in [-0.4, -0.2) is 24.4 Å². The molecule has 0 aromatic heterocycles. The van der Waals surface area contributed by atoms with Gasteiger partial charge in [-0.25, -0.2) is 0 Å². The van der Waals surface area contributed by atoms with Gasteiger partial charge in [0.15, 0.2) is 6.61 Å². The highest BCUT2D eigenvalue weighted by Crippen LogP contribution is 2.26. The van der Waals surface area contributed by atoms with Gasteiger partial charge in [-0.3, -0.25) is 14.4 Å². The first-order valence-electron chi connectivity index (χ1n) is 10.5. The Morgan fingerprint density at radius 1 is 0.800 bits per heavy atom. The van der Waals surface area contributed by atoms with E-state index >= 15 is 0 Å².